The molecule has 0 amide bonds. The van der Waals surface area contributed by atoms with Gasteiger partial charge in [-0.15, -0.1) is 0 Å². The maximum atomic E-state index is 4.50. The molecule has 0 radical (unpaired) electrons. The first-order valence-corrected chi connectivity index (χ1v) is 7.68. The SMILES string of the molecule is CCCCCNc1ccnc(NC(C)c2ccccc2)n1. The molecule has 2 rings (SSSR count). The van der Waals surface area contributed by atoms with Crippen LogP contribution in [0.25, 0.3) is 0 Å². The van der Waals surface area contributed by atoms with Gasteiger partial charge in [-0.1, -0.05) is 50.1 Å². The summed E-state index contributed by atoms with van der Waals surface area (Å²) >= 11 is 0. The number of anilines is 2. The van der Waals surface area contributed by atoms with Crippen LogP contribution in [-0.2, 0) is 0 Å². The highest BCUT2D eigenvalue weighted by Crippen LogP contribution is 2.17. The van der Waals surface area contributed by atoms with E-state index in [-0.39, 0.29) is 6.04 Å². The molecule has 1 aromatic carbocycles. The summed E-state index contributed by atoms with van der Waals surface area (Å²) in [5.41, 5.74) is 1.22. The molecule has 0 bridgehead atoms. The molecule has 2 aromatic rings. The van der Waals surface area contributed by atoms with E-state index < -0.39 is 0 Å². The van der Waals surface area contributed by atoms with Crippen LogP contribution in [0.4, 0.5) is 11.8 Å². The Hall–Kier alpha value is -2.10. The minimum Gasteiger partial charge on any atom is -0.370 e. The Balaban J connectivity index is 1.91. The summed E-state index contributed by atoms with van der Waals surface area (Å²) in [6.45, 7) is 5.27. The summed E-state index contributed by atoms with van der Waals surface area (Å²) in [7, 11) is 0. The first-order valence-electron chi connectivity index (χ1n) is 7.68. The second-order valence-corrected chi connectivity index (χ2v) is 5.18. The molecule has 4 nitrogen and oxygen atoms in total. The third-order valence-corrected chi connectivity index (χ3v) is 3.39. The minimum atomic E-state index is 0.182. The Morgan fingerprint density at radius 3 is 2.67 bits per heavy atom. The number of benzene rings is 1. The molecule has 1 heterocycles. The standard InChI is InChI=1S/C17H24N4/c1-3-4-8-12-18-16-11-13-19-17(21-16)20-14(2)15-9-6-5-7-10-15/h5-7,9-11,13-14H,3-4,8,12H2,1-2H3,(H2,18,19,20,21). The van der Waals surface area contributed by atoms with E-state index in [2.05, 4.69) is 46.6 Å². The zero-order valence-electron chi connectivity index (χ0n) is 12.8. The molecular formula is C17H24N4. The van der Waals surface area contributed by atoms with Crippen LogP contribution < -0.4 is 10.6 Å². The fourth-order valence-corrected chi connectivity index (χ4v) is 2.14. The maximum absolute atomic E-state index is 4.50. The van der Waals surface area contributed by atoms with Gasteiger partial charge in [-0.25, -0.2) is 4.98 Å². The van der Waals surface area contributed by atoms with E-state index >= 15 is 0 Å². The lowest BCUT2D eigenvalue weighted by atomic mass is 10.1. The number of rotatable bonds is 8. The summed E-state index contributed by atoms with van der Waals surface area (Å²) in [4.78, 5) is 8.79. The lowest BCUT2D eigenvalue weighted by Crippen LogP contribution is -2.11. The van der Waals surface area contributed by atoms with Crippen molar-refractivity contribution in [3.05, 3.63) is 48.2 Å². The van der Waals surface area contributed by atoms with Gasteiger partial charge in [0.1, 0.15) is 5.82 Å². The van der Waals surface area contributed by atoms with Gasteiger partial charge in [-0.2, -0.15) is 4.98 Å². The molecule has 0 fully saturated rings. The van der Waals surface area contributed by atoms with Gasteiger partial charge in [0.15, 0.2) is 0 Å². The van der Waals surface area contributed by atoms with Crippen molar-refractivity contribution in [3.8, 4) is 0 Å². The molecule has 2 N–H and O–H groups in total. The van der Waals surface area contributed by atoms with Crippen LogP contribution in [0.5, 0.6) is 0 Å². The molecule has 21 heavy (non-hydrogen) atoms. The molecule has 4 heteroatoms. The monoisotopic (exact) mass is 284 g/mol. The highest BCUT2D eigenvalue weighted by atomic mass is 15.1. The van der Waals surface area contributed by atoms with Crippen molar-refractivity contribution in [2.45, 2.75) is 39.2 Å². The van der Waals surface area contributed by atoms with Crippen LogP contribution in [0.15, 0.2) is 42.6 Å². The van der Waals surface area contributed by atoms with Gasteiger partial charge in [-0.3, -0.25) is 0 Å². The molecule has 1 unspecified atom stereocenters. The molecule has 0 aliphatic carbocycles. The van der Waals surface area contributed by atoms with E-state index in [0.29, 0.717) is 5.95 Å². The van der Waals surface area contributed by atoms with Gasteiger partial charge in [0.2, 0.25) is 5.95 Å². The van der Waals surface area contributed by atoms with Gasteiger partial charge in [0, 0.05) is 12.7 Å². The third kappa shape index (κ3) is 5.06. The molecular weight excluding hydrogens is 260 g/mol. The van der Waals surface area contributed by atoms with E-state index in [1.807, 2.05) is 24.3 Å². The van der Waals surface area contributed by atoms with Gasteiger partial charge >= 0.3 is 0 Å². The topological polar surface area (TPSA) is 49.8 Å². The first-order chi connectivity index (χ1) is 10.3. The molecule has 112 valence electrons. The van der Waals surface area contributed by atoms with E-state index in [9.17, 15) is 0 Å². The lowest BCUT2D eigenvalue weighted by Gasteiger charge is -2.14. The zero-order valence-corrected chi connectivity index (χ0v) is 12.8. The quantitative estimate of drug-likeness (QED) is 0.711. The average Bonchev–Trinajstić information content (AvgIpc) is 2.53. The van der Waals surface area contributed by atoms with E-state index in [4.69, 9.17) is 0 Å². The predicted octanol–water partition coefficient (Wildman–Crippen LogP) is 4.25. The van der Waals surface area contributed by atoms with Crippen LogP contribution in [-0.4, -0.2) is 16.5 Å². The van der Waals surface area contributed by atoms with Crippen LogP contribution in [0.3, 0.4) is 0 Å². The Kier molecular flexibility index (Phi) is 6.00. The Labute approximate surface area is 127 Å². The lowest BCUT2D eigenvalue weighted by molar-refractivity contribution is 0.742. The molecule has 0 saturated carbocycles. The van der Waals surface area contributed by atoms with E-state index in [1.54, 1.807) is 6.20 Å². The van der Waals surface area contributed by atoms with E-state index in [1.165, 1.54) is 24.8 Å². The number of hydrogen-bond donors (Lipinski definition) is 2. The van der Waals surface area contributed by atoms with E-state index in [0.717, 1.165) is 12.4 Å². The first kappa shape index (κ1) is 15.3. The molecule has 0 saturated heterocycles. The second-order valence-electron chi connectivity index (χ2n) is 5.18. The molecule has 0 aliphatic rings. The van der Waals surface area contributed by atoms with Gasteiger partial charge < -0.3 is 10.6 Å². The largest absolute Gasteiger partial charge is 0.370 e. The van der Waals surface area contributed by atoms with Gasteiger partial charge in [0.05, 0.1) is 6.04 Å². The van der Waals surface area contributed by atoms with Crippen LogP contribution in [0, 0.1) is 0 Å². The minimum absolute atomic E-state index is 0.182. The number of aromatic nitrogens is 2. The smallest absolute Gasteiger partial charge is 0.225 e. The van der Waals surface area contributed by atoms with Crippen molar-refractivity contribution in [2.24, 2.45) is 0 Å². The fourth-order valence-electron chi connectivity index (χ4n) is 2.14. The maximum Gasteiger partial charge on any atom is 0.225 e. The Morgan fingerprint density at radius 2 is 1.90 bits per heavy atom. The zero-order chi connectivity index (χ0) is 14.9. The summed E-state index contributed by atoms with van der Waals surface area (Å²) < 4.78 is 0. The van der Waals surface area contributed by atoms with Crippen molar-refractivity contribution in [1.29, 1.82) is 0 Å². The Bertz CT molecular complexity index is 527. The number of unbranched alkanes of at least 4 members (excludes halogenated alkanes) is 2. The van der Waals surface area contributed by atoms with Crippen LogP contribution in [0.2, 0.25) is 0 Å². The van der Waals surface area contributed by atoms with Crippen molar-refractivity contribution in [2.75, 3.05) is 17.2 Å². The predicted molar refractivity (Wildman–Crippen MR) is 88.5 cm³/mol. The number of hydrogen-bond acceptors (Lipinski definition) is 4. The summed E-state index contributed by atoms with van der Waals surface area (Å²) in [6, 6.07) is 12.4. The van der Waals surface area contributed by atoms with Gasteiger partial charge in [-0.05, 0) is 25.0 Å². The second kappa shape index (κ2) is 8.25. The van der Waals surface area contributed by atoms with Crippen LogP contribution in [0.1, 0.15) is 44.7 Å². The van der Waals surface area contributed by atoms with Crippen molar-refractivity contribution in [1.82, 2.24) is 9.97 Å². The molecule has 1 atom stereocenters. The Morgan fingerprint density at radius 1 is 1.10 bits per heavy atom. The molecule has 0 aliphatic heterocycles. The third-order valence-electron chi connectivity index (χ3n) is 3.39. The van der Waals surface area contributed by atoms with Gasteiger partial charge in [0.25, 0.3) is 0 Å². The average molecular weight is 284 g/mol. The summed E-state index contributed by atoms with van der Waals surface area (Å²) in [6.07, 6.45) is 5.43. The van der Waals surface area contributed by atoms with Crippen molar-refractivity contribution in [3.63, 3.8) is 0 Å². The number of nitrogens with zero attached hydrogens (tertiary/aromatic N) is 2. The molecule has 1 aromatic heterocycles. The summed E-state index contributed by atoms with van der Waals surface area (Å²) in [5.74, 6) is 1.54. The number of nitrogens with one attached hydrogen (secondary N) is 2. The van der Waals surface area contributed by atoms with Crippen LogP contribution >= 0.6 is 0 Å². The normalized spacial score (nSPS) is 11.9. The van der Waals surface area contributed by atoms with Crippen molar-refractivity contribution >= 4 is 11.8 Å². The highest BCUT2D eigenvalue weighted by Gasteiger charge is 2.06. The van der Waals surface area contributed by atoms with Crippen molar-refractivity contribution < 1.29 is 0 Å². The molecule has 0 spiro atoms. The highest BCUT2D eigenvalue weighted by molar-refractivity contribution is 5.40. The fraction of sp³-hybridized carbons (Fsp3) is 0.412. The summed E-state index contributed by atoms with van der Waals surface area (Å²) in [5, 5.41) is 6.68.